The number of hydrogen-bond donors (Lipinski definition) is 0. The van der Waals surface area contributed by atoms with Crippen molar-refractivity contribution in [2.24, 2.45) is 0 Å². The van der Waals surface area contributed by atoms with E-state index >= 15 is 0 Å². The summed E-state index contributed by atoms with van der Waals surface area (Å²) in [6.45, 7) is 3.32. The highest BCUT2D eigenvalue weighted by Crippen LogP contribution is 2.36. The second-order valence-electron chi connectivity index (χ2n) is 7.24. The molecule has 1 aliphatic heterocycles. The number of rotatable bonds is 4. The summed E-state index contributed by atoms with van der Waals surface area (Å²) in [7, 11) is 0. The minimum absolute atomic E-state index is 0.108. The maximum atomic E-state index is 9.16. The first-order chi connectivity index (χ1) is 14.5. The summed E-state index contributed by atoms with van der Waals surface area (Å²) in [5.74, 6) is 0. The fourth-order valence-corrected chi connectivity index (χ4v) is 4.43. The molecule has 0 bridgehead atoms. The van der Waals surface area contributed by atoms with Crippen molar-refractivity contribution in [1.82, 2.24) is 9.88 Å². The molecule has 0 aliphatic carbocycles. The molecule has 0 radical (unpaired) electrons. The van der Waals surface area contributed by atoms with Crippen LogP contribution >= 0.6 is 39.1 Å². The third-order valence-corrected chi connectivity index (χ3v) is 6.30. The molecule has 7 heteroatoms. The summed E-state index contributed by atoms with van der Waals surface area (Å²) in [5.41, 5.74) is 3.72. The molecule has 2 heterocycles. The van der Waals surface area contributed by atoms with Gasteiger partial charge in [-0.05, 0) is 64.0 Å². The van der Waals surface area contributed by atoms with Crippen LogP contribution in [0.4, 0.5) is 5.69 Å². The first-order valence-corrected chi connectivity index (χ1v) is 11.1. The van der Waals surface area contributed by atoms with Gasteiger partial charge in [-0.2, -0.15) is 5.26 Å². The molecule has 152 valence electrons. The lowest BCUT2D eigenvalue weighted by Crippen LogP contribution is -2.48. The quantitative estimate of drug-likeness (QED) is 0.434. The molecule has 1 aliphatic rings. The van der Waals surface area contributed by atoms with Crippen molar-refractivity contribution >= 4 is 44.8 Å². The van der Waals surface area contributed by atoms with Gasteiger partial charge in [-0.1, -0.05) is 35.3 Å². The van der Waals surface area contributed by atoms with Crippen LogP contribution in [0.25, 0.3) is 0 Å². The number of benzene rings is 2. The average molecular weight is 502 g/mol. The van der Waals surface area contributed by atoms with Gasteiger partial charge in [-0.25, -0.2) is 0 Å². The van der Waals surface area contributed by atoms with Crippen molar-refractivity contribution in [1.29, 1.82) is 5.26 Å². The summed E-state index contributed by atoms with van der Waals surface area (Å²) >= 11 is 16.1. The Bertz CT molecular complexity index is 1060. The Morgan fingerprint density at radius 2 is 1.87 bits per heavy atom. The third-order valence-electron chi connectivity index (χ3n) is 5.28. The zero-order valence-electron chi connectivity index (χ0n) is 16.1. The number of pyridine rings is 1. The van der Waals surface area contributed by atoms with Crippen LogP contribution in [-0.2, 0) is 6.54 Å². The molecule has 0 spiro atoms. The molecular formula is C23H19BrCl2N4. The van der Waals surface area contributed by atoms with E-state index in [1.165, 1.54) is 5.56 Å². The van der Waals surface area contributed by atoms with Crippen LogP contribution in [0.3, 0.4) is 0 Å². The molecule has 0 N–H and O–H groups in total. The van der Waals surface area contributed by atoms with E-state index in [4.69, 9.17) is 28.5 Å². The predicted molar refractivity (Wildman–Crippen MR) is 125 cm³/mol. The van der Waals surface area contributed by atoms with Gasteiger partial charge in [0.05, 0.1) is 34.1 Å². The smallest absolute Gasteiger partial charge is 0.0992 e. The Morgan fingerprint density at radius 1 is 1.07 bits per heavy atom. The van der Waals surface area contributed by atoms with Crippen LogP contribution in [0.1, 0.15) is 22.9 Å². The van der Waals surface area contributed by atoms with E-state index in [0.717, 1.165) is 42.0 Å². The highest BCUT2D eigenvalue weighted by Gasteiger charge is 2.30. The van der Waals surface area contributed by atoms with Crippen molar-refractivity contribution in [3.63, 3.8) is 0 Å². The lowest BCUT2D eigenvalue weighted by atomic mass is 10.0. The molecule has 4 nitrogen and oxygen atoms in total. The molecule has 30 heavy (non-hydrogen) atoms. The molecule has 1 unspecified atom stereocenters. The van der Waals surface area contributed by atoms with E-state index in [-0.39, 0.29) is 6.04 Å². The van der Waals surface area contributed by atoms with Gasteiger partial charge < -0.3 is 4.90 Å². The Labute approximate surface area is 194 Å². The Morgan fingerprint density at radius 3 is 2.53 bits per heavy atom. The first kappa shape index (κ1) is 21.1. The molecule has 0 amide bonds. The van der Waals surface area contributed by atoms with Gasteiger partial charge in [-0.15, -0.1) is 0 Å². The van der Waals surface area contributed by atoms with Crippen molar-refractivity contribution in [3.8, 4) is 6.07 Å². The molecule has 1 saturated heterocycles. The van der Waals surface area contributed by atoms with Gasteiger partial charge >= 0.3 is 0 Å². The number of aromatic nitrogens is 1. The zero-order valence-corrected chi connectivity index (χ0v) is 19.2. The molecule has 4 rings (SSSR count). The summed E-state index contributed by atoms with van der Waals surface area (Å²) in [6, 6.07) is 19.8. The van der Waals surface area contributed by atoms with Gasteiger partial charge in [0, 0.05) is 41.9 Å². The topological polar surface area (TPSA) is 43.2 Å². The summed E-state index contributed by atoms with van der Waals surface area (Å²) in [4.78, 5) is 9.24. The molecule has 1 aromatic heterocycles. The summed E-state index contributed by atoms with van der Waals surface area (Å²) in [5, 5.41) is 10.5. The highest BCUT2D eigenvalue weighted by atomic mass is 79.9. The third kappa shape index (κ3) is 4.79. The highest BCUT2D eigenvalue weighted by molar-refractivity contribution is 9.10. The average Bonchev–Trinajstić information content (AvgIpc) is 2.76. The zero-order chi connectivity index (χ0) is 21.1. The Kier molecular flexibility index (Phi) is 6.60. The van der Waals surface area contributed by atoms with Crippen molar-refractivity contribution < 1.29 is 0 Å². The number of piperazine rings is 1. The van der Waals surface area contributed by atoms with Crippen LogP contribution < -0.4 is 4.90 Å². The molecule has 3 aromatic rings. The number of hydrogen-bond acceptors (Lipinski definition) is 4. The first-order valence-electron chi connectivity index (χ1n) is 9.58. The fourth-order valence-electron chi connectivity index (χ4n) is 3.78. The maximum Gasteiger partial charge on any atom is 0.0992 e. The number of nitrogens with zero attached hydrogens (tertiary/aromatic N) is 4. The van der Waals surface area contributed by atoms with Crippen LogP contribution in [0.5, 0.6) is 0 Å². The van der Waals surface area contributed by atoms with E-state index in [2.05, 4.69) is 48.9 Å². The van der Waals surface area contributed by atoms with Gasteiger partial charge in [0.25, 0.3) is 0 Å². The SMILES string of the molecule is N#Cc1ccc(N2CCN(Cc3ccc(Br)cn3)CC2c2ccc(Cl)cc2)c(Cl)c1. The molecule has 2 aromatic carbocycles. The van der Waals surface area contributed by atoms with Crippen LogP contribution in [0, 0.1) is 11.3 Å². The standard InChI is InChI=1S/C23H19BrCl2N4/c24-18-4-7-20(28-13-18)14-29-9-10-30(22-8-1-16(12-27)11-21(22)26)23(15-29)17-2-5-19(25)6-3-17/h1-8,11,13,23H,9-10,14-15H2. The predicted octanol–water partition coefficient (Wildman–Crippen LogP) is 6.09. The Hall–Kier alpha value is -2.10. The second kappa shape index (κ2) is 9.36. The van der Waals surface area contributed by atoms with E-state index in [0.29, 0.717) is 15.6 Å². The van der Waals surface area contributed by atoms with Crippen molar-refractivity contribution in [2.45, 2.75) is 12.6 Å². The van der Waals surface area contributed by atoms with Crippen LogP contribution in [-0.4, -0.2) is 29.5 Å². The van der Waals surface area contributed by atoms with E-state index < -0.39 is 0 Å². The normalized spacial score (nSPS) is 17.0. The minimum atomic E-state index is 0.108. The largest absolute Gasteiger partial charge is 0.361 e. The van der Waals surface area contributed by atoms with Gasteiger partial charge in [-0.3, -0.25) is 9.88 Å². The second-order valence-corrected chi connectivity index (χ2v) is 9.00. The van der Waals surface area contributed by atoms with E-state index in [1.807, 2.05) is 42.6 Å². The monoisotopic (exact) mass is 500 g/mol. The molecular weight excluding hydrogens is 483 g/mol. The van der Waals surface area contributed by atoms with Gasteiger partial charge in [0.2, 0.25) is 0 Å². The number of nitriles is 1. The summed E-state index contributed by atoms with van der Waals surface area (Å²) in [6.07, 6.45) is 1.83. The number of anilines is 1. The van der Waals surface area contributed by atoms with Gasteiger partial charge in [0.1, 0.15) is 0 Å². The molecule has 1 fully saturated rings. The minimum Gasteiger partial charge on any atom is -0.361 e. The van der Waals surface area contributed by atoms with E-state index in [1.54, 1.807) is 6.07 Å². The maximum absolute atomic E-state index is 9.16. The molecule has 0 saturated carbocycles. The van der Waals surface area contributed by atoms with Crippen molar-refractivity contribution in [2.75, 3.05) is 24.5 Å². The van der Waals surface area contributed by atoms with Crippen LogP contribution in [0.15, 0.2) is 65.3 Å². The Balaban J connectivity index is 1.62. The van der Waals surface area contributed by atoms with Gasteiger partial charge in [0.15, 0.2) is 0 Å². The lowest BCUT2D eigenvalue weighted by molar-refractivity contribution is 0.213. The summed E-state index contributed by atoms with van der Waals surface area (Å²) < 4.78 is 0.977. The fraction of sp³-hybridized carbons (Fsp3) is 0.217. The molecule has 1 atom stereocenters. The number of halogens is 3. The van der Waals surface area contributed by atoms with Crippen LogP contribution in [0.2, 0.25) is 10.0 Å². The lowest BCUT2D eigenvalue weighted by Gasteiger charge is -2.43. The van der Waals surface area contributed by atoms with E-state index in [9.17, 15) is 0 Å². The van der Waals surface area contributed by atoms with Crippen molar-refractivity contribution in [3.05, 3.63) is 92.1 Å².